The monoisotopic (exact) mass is 903 g/mol. The minimum Gasteiger partial charge on any atom is -0.309 e. The van der Waals surface area contributed by atoms with Gasteiger partial charge in [0.1, 0.15) is 0 Å². The van der Waals surface area contributed by atoms with E-state index in [1.807, 2.05) is 0 Å². The largest absolute Gasteiger partial charge is 0.309 e. The molecule has 0 aliphatic carbocycles. The van der Waals surface area contributed by atoms with Gasteiger partial charge in [0.05, 0.1) is 27.8 Å². The van der Waals surface area contributed by atoms with Crippen molar-refractivity contribution >= 4 is 82.2 Å². The van der Waals surface area contributed by atoms with Crippen molar-refractivity contribution in [1.82, 2.24) is 9.13 Å². The van der Waals surface area contributed by atoms with E-state index in [2.05, 4.69) is 287 Å². The zero-order chi connectivity index (χ0) is 46.8. The molecule has 14 rings (SSSR count). The summed E-state index contributed by atoms with van der Waals surface area (Å²) in [5, 5.41) is 9.53. The van der Waals surface area contributed by atoms with Gasteiger partial charge in [0.2, 0.25) is 0 Å². The number of benzene rings is 12. The van der Waals surface area contributed by atoms with Gasteiger partial charge in [0.15, 0.2) is 0 Å². The van der Waals surface area contributed by atoms with E-state index in [1.54, 1.807) is 0 Å². The molecule has 0 amide bonds. The van der Waals surface area contributed by atoms with Crippen LogP contribution in [-0.4, -0.2) is 9.13 Å². The summed E-state index contributed by atoms with van der Waals surface area (Å²) in [6.45, 7) is 0. The lowest BCUT2D eigenvalue weighted by Gasteiger charge is -2.30. The predicted molar refractivity (Wildman–Crippen MR) is 301 cm³/mol. The molecule has 2 heterocycles. The molecule has 0 N–H and O–H groups in total. The van der Waals surface area contributed by atoms with E-state index in [4.69, 9.17) is 0 Å². The fourth-order valence-corrected chi connectivity index (χ4v) is 11.3. The van der Waals surface area contributed by atoms with Crippen molar-refractivity contribution in [3.8, 4) is 44.8 Å². The summed E-state index contributed by atoms with van der Waals surface area (Å²) in [7, 11) is 0. The normalized spacial score (nSPS) is 11.7. The molecule has 0 saturated carbocycles. The van der Waals surface area contributed by atoms with Crippen molar-refractivity contribution in [2.75, 3.05) is 4.90 Å². The van der Waals surface area contributed by atoms with E-state index >= 15 is 0 Å². The summed E-state index contributed by atoms with van der Waals surface area (Å²) in [5.41, 5.74) is 17.4. The van der Waals surface area contributed by atoms with Crippen molar-refractivity contribution in [2.24, 2.45) is 0 Å². The van der Waals surface area contributed by atoms with Crippen LogP contribution in [-0.2, 0) is 0 Å². The van der Waals surface area contributed by atoms with Crippen molar-refractivity contribution < 1.29 is 0 Å². The first-order valence-corrected chi connectivity index (χ1v) is 24.4. The zero-order valence-corrected chi connectivity index (χ0v) is 38.8. The van der Waals surface area contributed by atoms with Gasteiger partial charge in [0.25, 0.3) is 0 Å². The molecule has 332 valence electrons. The molecule has 0 fully saturated rings. The highest BCUT2D eigenvalue weighted by Gasteiger charge is 2.26. The Morgan fingerprint density at radius 1 is 0.225 bits per heavy atom. The van der Waals surface area contributed by atoms with Gasteiger partial charge < -0.3 is 14.0 Å². The van der Waals surface area contributed by atoms with Crippen molar-refractivity contribution in [2.45, 2.75) is 0 Å². The lowest BCUT2D eigenvalue weighted by atomic mass is 9.87. The first-order valence-electron chi connectivity index (χ1n) is 24.4. The molecule has 0 saturated heterocycles. The van der Waals surface area contributed by atoms with E-state index in [0.717, 1.165) is 39.5 Å². The third-order valence-corrected chi connectivity index (χ3v) is 14.4. The SMILES string of the molecule is c1ccc(-c2ccc3c(N(c4ccc5c(c4)c4ccccc4n5-c4ccccc4)c4ccc5c(c4)c4ccccc4n5-c4ccccc4)c4cc(-c5ccccc5)ccc4c(-c4ccccc4)c3c2)cc1. The highest BCUT2D eigenvalue weighted by atomic mass is 15.1. The summed E-state index contributed by atoms with van der Waals surface area (Å²) >= 11 is 0. The van der Waals surface area contributed by atoms with Gasteiger partial charge in [-0.25, -0.2) is 0 Å². The van der Waals surface area contributed by atoms with Crippen molar-refractivity contribution in [3.05, 3.63) is 273 Å². The average Bonchev–Trinajstić information content (AvgIpc) is 3.96. The Bertz CT molecular complexity index is 4150. The molecule has 12 aromatic carbocycles. The van der Waals surface area contributed by atoms with Crippen molar-refractivity contribution in [1.29, 1.82) is 0 Å². The minimum absolute atomic E-state index is 1.08. The Morgan fingerprint density at radius 2 is 0.620 bits per heavy atom. The summed E-state index contributed by atoms with van der Waals surface area (Å²) in [4.78, 5) is 2.55. The predicted octanol–water partition coefficient (Wildman–Crippen LogP) is 18.7. The molecule has 0 aliphatic rings. The molecule has 3 nitrogen and oxygen atoms in total. The van der Waals surface area contributed by atoms with Crippen LogP contribution in [0.1, 0.15) is 0 Å². The van der Waals surface area contributed by atoms with E-state index in [9.17, 15) is 0 Å². The van der Waals surface area contributed by atoms with Crippen LogP contribution in [0.4, 0.5) is 17.1 Å². The van der Waals surface area contributed by atoms with E-state index < -0.39 is 0 Å². The van der Waals surface area contributed by atoms with Crippen LogP contribution in [0.3, 0.4) is 0 Å². The molecule has 0 atom stereocenters. The molecule has 2 aromatic heterocycles. The van der Waals surface area contributed by atoms with Gasteiger partial charge in [-0.3, -0.25) is 0 Å². The van der Waals surface area contributed by atoms with Gasteiger partial charge in [-0.1, -0.05) is 188 Å². The molecule has 0 spiro atoms. The van der Waals surface area contributed by atoms with Crippen molar-refractivity contribution in [3.63, 3.8) is 0 Å². The number of fused-ring (bicyclic) bond motifs is 8. The molecule has 0 bridgehead atoms. The van der Waals surface area contributed by atoms with Crippen LogP contribution in [0.25, 0.3) is 110 Å². The second kappa shape index (κ2) is 16.7. The average molecular weight is 904 g/mol. The van der Waals surface area contributed by atoms with Gasteiger partial charge in [-0.05, 0) is 129 Å². The highest BCUT2D eigenvalue weighted by molar-refractivity contribution is 6.24. The third kappa shape index (κ3) is 6.66. The fraction of sp³-hybridized carbons (Fsp3) is 0. The first kappa shape index (κ1) is 40.6. The maximum Gasteiger partial charge on any atom is 0.0619 e. The topological polar surface area (TPSA) is 13.1 Å². The number of anilines is 3. The number of nitrogens with zero attached hydrogens (tertiary/aromatic N) is 3. The third-order valence-electron chi connectivity index (χ3n) is 14.4. The Labute approximate surface area is 412 Å². The standard InChI is InChI=1S/C68H45N3/c1-6-20-46(21-7-1)49-35-39-58-61(42-49)67(48-24-10-3-11-25-48)57-38-34-50(47-22-8-2-9-23-47)43-62(57)68(58)69(53-36-40-65-59(44-53)55-30-16-18-32-63(55)70(65)51-26-12-4-13-27-51)54-37-41-66-60(45-54)56-31-17-19-33-64(56)71(66)52-28-14-5-15-29-52/h1-45H. The van der Waals surface area contributed by atoms with Gasteiger partial charge in [-0.2, -0.15) is 0 Å². The quantitative estimate of drug-likeness (QED) is 0.139. The first-order chi connectivity index (χ1) is 35.2. The number of hydrogen-bond acceptors (Lipinski definition) is 1. The Hall–Kier alpha value is -9.44. The number of para-hydroxylation sites is 4. The lowest BCUT2D eigenvalue weighted by Crippen LogP contribution is -2.12. The van der Waals surface area contributed by atoms with Crippen LogP contribution in [0.2, 0.25) is 0 Å². The van der Waals surface area contributed by atoms with E-state index in [-0.39, 0.29) is 0 Å². The zero-order valence-electron chi connectivity index (χ0n) is 38.8. The lowest BCUT2D eigenvalue weighted by molar-refractivity contribution is 1.18. The van der Waals surface area contributed by atoms with Crippen LogP contribution in [0, 0.1) is 0 Å². The van der Waals surface area contributed by atoms with Crippen LogP contribution >= 0.6 is 0 Å². The summed E-state index contributed by atoms with van der Waals surface area (Å²) < 4.78 is 4.81. The Morgan fingerprint density at radius 3 is 1.11 bits per heavy atom. The number of aromatic nitrogens is 2. The van der Waals surface area contributed by atoms with Crippen LogP contribution in [0.15, 0.2) is 273 Å². The molecule has 14 aromatic rings. The second-order valence-electron chi connectivity index (χ2n) is 18.5. The highest BCUT2D eigenvalue weighted by Crippen LogP contribution is 2.51. The van der Waals surface area contributed by atoms with Crippen LogP contribution in [0.5, 0.6) is 0 Å². The molecular weight excluding hydrogens is 859 g/mol. The maximum absolute atomic E-state index is 2.55. The molecule has 0 unspecified atom stereocenters. The number of rotatable bonds is 8. The molecule has 0 aliphatic heterocycles. The summed E-state index contributed by atoms with van der Waals surface area (Å²) in [5.74, 6) is 0. The van der Waals surface area contributed by atoms with Gasteiger partial charge in [0, 0.05) is 55.1 Å². The molecule has 3 heteroatoms. The number of hydrogen-bond donors (Lipinski definition) is 0. The maximum atomic E-state index is 2.55. The Kier molecular flexibility index (Phi) is 9.53. The molecular formula is C68H45N3. The molecule has 71 heavy (non-hydrogen) atoms. The second-order valence-corrected chi connectivity index (χ2v) is 18.5. The molecule has 0 radical (unpaired) electrons. The minimum atomic E-state index is 1.08. The summed E-state index contributed by atoms with van der Waals surface area (Å²) in [6, 6.07) is 100. The Balaban J connectivity index is 1.14. The van der Waals surface area contributed by atoms with Crippen LogP contribution < -0.4 is 4.90 Å². The van der Waals surface area contributed by atoms with E-state index in [0.29, 0.717) is 0 Å². The van der Waals surface area contributed by atoms with E-state index in [1.165, 1.54) is 87.5 Å². The fourth-order valence-electron chi connectivity index (χ4n) is 11.3. The smallest absolute Gasteiger partial charge is 0.0619 e. The van der Waals surface area contributed by atoms with Gasteiger partial charge in [-0.15, -0.1) is 0 Å². The van der Waals surface area contributed by atoms with Gasteiger partial charge >= 0.3 is 0 Å². The summed E-state index contributed by atoms with van der Waals surface area (Å²) in [6.07, 6.45) is 0.